The Labute approximate surface area is 240 Å². The summed E-state index contributed by atoms with van der Waals surface area (Å²) >= 11 is 0. The fourth-order valence-corrected chi connectivity index (χ4v) is 9.91. The number of amides is 1. The lowest BCUT2D eigenvalue weighted by molar-refractivity contribution is -0.00387. The van der Waals surface area contributed by atoms with Crippen LogP contribution < -0.4 is 10.4 Å². The highest BCUT2D eigenvalue weighted by molar-refractivity contribution is 6.99. The van der Waals surface area contributed by atoms with E-state index in [1.54, 1.807) is 4.90 Å². The normalized spacial score (nSPS) is 18.0. The highest BCUT2D eigenvalue weighted by Gasteiger charge is 2.52. The zero-order valence-electron chi connectivity index (χ0n) is 24.7. The lowest BCUT2D eigenvalue weighted by atomic mass is 10.1. The van der Waals surface area contributed by atoms with E-state index in [-0.39, 0.29) is 23.3 Å². The average molecular weight is 558 g/mol. The third-order valence-corrected chi connectivity index (χ3v) is 12.2. The zero-order valence-corrected chi connectivity index (χ0v) is 25.7. The van der Waals surface area contributed by atoms with Gasteiger partial charge in [-0.2, -0.15) is 0 Å². The average Bonchev–Trinajstić information content (AvgIpc) is 2.92. The molecular weight excluding hydrogens is 514 g/mol. The van der Waals surface area contributed by atoms with Crippen LogP contribution in [-0.4, -0.2) is 50.2 Å². The minimum atomic E-state index is -2.80. The summed E-state index contributed by atoms with van der Waals surface area (Å²) in [5.74, 6) is 0. The predicted octanol–water partition coefficient (Wildman–Crippen LogP) is 6.32. The SMILES string of the molecule is CC(C)(C)OC(=O)N1C[C@@H](O[Si](c2ccccc2)(c2ccccc2)C(C)(C)C)C=C[C@@H]1COCc1ccccc1. The molecule has 0 aliphatic carbocycles. The lowest BCUT2D eigenvalue weighted by Crippen LogP contribution is -2.68. The second-order valence-electron chi connectivity index (χ2n) is 12.4. The smallest absolute Gasteiger partial charge is 0.410 e. The van der Waals surface area contributed by atoms with Crippen LogP contribution in [0.2, 0.25) is 5.04 Å². The van der Waals surface area contributed by atoms with Crippen molar-refractivity contribution >= 4 is 24.8 Å². The van der Waals surface area contributed by atoms with E-state index in [0.717, 1.165) is 5.56 Å². The molecular formula is C34H43NO4Si. The molecule has 0 saturated heterocycles. The Bertz CT molecular complexity index is 1210. The van der Waals surface area contributed by atoms with Gasteiger partial charge in [0.25, 0.3) is 8.32 Å². The lowest BCUT2D eigenvalue weighted by Gasteiger charge is -2.46. The van der Waals surface area contributed by atoms with Crippen molar-refractivity contribution in [2.24, 2.45) is 0 Å². The Morgan fingerprint density at radius 3 is 1.82 bits per heavy atom. The third-order valence-electron chi connectivity index (χ3n) is 7.10. The Morgan fingerprint density at radius 2 is 1.32 bits per heavy atom. The van der Waals surface area contributed by atoms with Crippen molar-refractivity contribution in [1.29, 1.82) is 0 Å². The minimum Gasteiger partial charge on any atom is -0.444 e. The minimum absolute atomic E-state index is 0.171. The zero-order chi connectivity index (χ0) is 28.8. The molecule has 0 saturated carbocycles. The van der Waals surface area contributed by atoms with E-state index in [9.17, 15) is 4.79 Å². The quantitative estimate of drug-likeness (QED) is 0.240. The van der Waals surface area contributed by atoms with Gasteiger partial charge >= 0.3 is 6.09 Å². The maximum Gasteiger partial charge on any atom is 0.410 e. The maximum absolute atomic E-state index is 13.5. The molecule has 1 aliphatic heterocycles. The van der Waals surface area contributed by atoms with Crippen LogP contribution in [0.25, 0.3) is 0 Å². The van der Waals surface area contributed by atoms with Crippen LogP contribution in [0.4, 0.5) is 4.79 Å². The van der Waals surface area contributed by atoms with Crippen LogP contribution in [-0.2, 0) is 20.5 Å². The molecule has 1 heterocycles. The summed E-state index contributed by atoms with van der Waals surface area (Å²) in [5.41, 5.74) is 0.487. The third kappa shape index (κ3) is 7.11. The Balaban J connectivity index is 1.65. The molecule has 0 radical (unpaired) electrons. The van der Waals surface area contributed by atoms with Crippen LogP contribution in [0.5, 0.6) is 0 Å². The number of hydrogen-bond acceptors (Lipinski definition) is 4. The summed E-state index contributed by atoms with van der Waals surface area (Å²) in [6.07, 6.45) is 3.49. The molecule has 3 aromatic carbocycles. The van der Waals surface area contributed by atoms with Gasteiger partial charge in [0.2, 0.25) is 0 Å². The Kier molecular flexibility index (Phi) is 9.34. The molecule has 0 spiro atoms. The van der Waals surface area contributed by atoms with Crippen molar-refractivity contribution in [3.8, 4) is 0 Å². The van der Waals surface area contributed by atoms with E-state index in [2.05, 4.69) is 75.4 Å². The second kappa shape index (κ2) is 12.5. The first-order valence-corrected chi connectivity index (χ1v) is 16.0. The van der Waals surface area contributed by atoms with Crippen molar-refractivity contribution in [3.05, 3.63) is 109 Å². The fourth-order valence-electron chi connectivity index (χ4n) is 5.29. The number of carbonyl (C=O) groups is 1. The van der Waals surface area contributed by atoms with Gasteiger partial charge in [-0.3, -0.25) is 4.90 Å². The molecule has 3 aromatic rings. The van der Waals surface area contributed by atoms with Crippen LogP contribution in [0.15, 0.2) is 103 Å². The van der Waals surface area contributed by atoms with E-state index in [1.165, 1.54) is 10.4 Å². The van der Waals surface area contributed by atoms with Crippen LogP contribution in [0.3, 0.4) is 0 Å². The monoisotopic (exact) mass is 557 g/mol. The van der Waals surface area contributed by atoms with Crippen LogP contribution >= 0.6 is 0 Å². The standard InChI is InChI=1S/C34H43NO4Si/c1-33(2,3)38-32(36)35-24-29(23-22-28(35)26-37-25-27-16-10-7-11-17-27)39-40(34(4,5)6,30-18-12-8-13-19-30)31-20-14-9-15-21-31/h7-23,28-29H,24-26H2,1-6H3/t28-,29+/m1/s1. The first-order chi connectivity index (χ1) is 19.0. The highest BCUT2D eigenvalue weighted by atomic mass is 28.4. The summed E-state index contributed by atoms with van der Waals surface area (Å²) in [7, 11) is -2.80. The van der Waals surface area contributed by atoms with E-state index >= 15 is 0 Å². The van der Waals surface area contributed by atoms with Gasteiger partial charge in [-0.15, -0.1) is 0 Å². The van der Waals surface area contributed by atoms with E-state index < -0.39 is 13.9 Å². The molecule has 1 amide bonds. The molecule has 0 unspecified atom stereocenters. The summed E-state index contributed by atoms with van der Waals surface area (Å²) < 4.78 is 19.2. The van der Waals surface area contributed by atoms with E-state index in [4.69, 9.17) is 13.9 Å². The molecule has 212 valence electrons. The number of benzene rings is 3. The molecule has 6 heteroatoms. The first-order valence-electron chi connectivity index (χ1n) is 14.1. The highest BCUT2D eigenvalue weighted by Crippen LogP contribution is 2.38. The van der Waals surface area contributed by atoms with E-state index in [0.29, 0.717) is 19.8 Å². The summed E-state index contributed by atoms with van der Waals surface area (Å²) in [5, 5.41) is 2.24. The Morgan fingerprint density at radius 1 is 0.800 bits per heavy atom. The molecule has 2 atom stereocenters. The molecule has 4 rings (SSSR count). The largest absolute Gasteiger partial charge is 0.444 e. The molecule has 40 heavy (non-hydrogen) atoms. The van der Waals surface area contributed by atoms with Gasteiger partial charge in [-0.1, -0.05) is 124 Å². The summed E-state index contributed by atoms with van der Waals surface area (Å²) in [6, 6.07) is 31.0. The molecule has 0 N–H and O–H groups in total. The molecule has 5 nitrogen and oxygen atoms in total. The number of rotatable bonds is 8. The van der Waals surface area contributed by atoms with Gasteiger partial charge in [-0.25, -0.2) is 4.79 Å². The number of nitrogens with zero attached hydrogens (tertiary/aromatic N) is 1. The number of hydrogen-bond donors (Lipinski definition) is 0. The first kappa shape index (κ1) is 29.8. The summed E-state index contributed by atoms with van der Waals surface area (Å²) in [6.45, 7) is 13.7. The summed E-state index contributed by atoms with van der Waals surface area (Å²) in [4.78, 5) is 15.2. The van der Waals surface area contributed by atoms with Crippen LogP contribution in [0.1, 0.15) is 47.1 Å². The topological polar surface area (TPSA) is 48.0 Å². The van der Waals surface area contributed by atoms with Gasteiger partial charge in [0.15, 0.2) is 0 Å². The van der Waals surface area contributed by atoms with Gasteiger partial charge < -0.3 is 13.9 Å². The molecule has 0 fully saturated rings. The maximum atomic E-state index is 13.5. The van der Waals surface area contributed by atoms with Crippen molar-refractivity contribution in [3.63, 3.8) is 0 Å². The second-order valence-corrected chi connectivity index (χ2v) is 16.7. The number of carbonyl (C=O) groups excluding carboxylic acids is 1. The molecule has 1 aliphatic rings. The Hall–Kier alpha value is -3.19. The van der Waals surface area contributed by atoms with Gasteiger partial charge in [0.05, 0.1) is 31.9 Å². The molecule has 0 bridgehead atoms. The van der Waals surface area contributed by atoms with Gasteiger partial charge in [0, 0.05) is 0 Å². The van der Waals surface area contributed by atoms with Gasteiger partial charge in [0.1, 0.15) is 5.60 Å². The van der Waals surface area contributed by atoms with E-state index in [1.807, 2.05) is 69.3 Å². The van der Waals surface area contributed by atoms with Crippen molar-refractivity contribution < 1.29 is 18.7 Å². The predicted molar refractivity (Wildman–Crippen MR) is 164 cm³/mol. The van der Waals surface area contributed by atoms with Crippen LogP contribution in [0, 0.1) is 0 Å². The van der Waals surface area contributed by atoms with Gasteiger partial charge in [-0.05, 0) is 41.7 Å². The van der Waals surface area contributed by atoms with Crippen molar-refractivity contribution in [2.45, 2.75) is 70.9 Å². The fraction of sp³-hybridized carbons (Fsp3) is 0.382. The molecule has 0 aromatic heterocycles. The van der Waals surface area contributed by atoms with Crippen molar-refractivity contribution in [2.75, 3.05) is 13.2 Å². The number of ether oxygens (including phenoxy) is 2. The van der Waals surface area contributed by atoms with Crippen molar-refractivity contribution in [1.82, 2.24) is 4.90 Å².